The first-order valence-electron chi connectivity index (χ1n) is 4.57. The zero-order valence-corrected chi connectivity index (χ0v) is 8.65. The molecular weight excluding hydrogens is 196 g/mol. The van der Waals surface area contributed by atoms with Gasteiger partial charge in [-0.15, -0.1) is 0 Å². The van der Waals surface area contributed by atoms with Gasteiger partial charge in [-0.1, -0.05) is 0 Å². The van der Waals surface area contributed by atoms with Gasteiger partial charge in [-0.3, -0.25) is 9.59 Å². The fourth-order valence-electron chi connectivity index (χ4n) is 1.12. The van der Waals surface area contributed by atoms with Crippen molar-refractivity contribution >= 4 is 12.3 Å². The van der Waals surface area contributed by atoms with Crippen molar-refractivity contribution in [3.63, 3.8) is 0 Å². The SMILES string of the molecule is CCOc1ccc(OC(C)=O)c(C=O)c1. The van der Waals surface area contributed by atoms with E-state index in [0.717, 1.165) is 0 Å². The van der Waals surface area contributed by atoms with Gasteiger partial charge >= 0.3 is 5.97 Å². The Morgan fingerprint density at radius 1 is 1.47 bits per heavy atom. The normalized spacial score (nSPS) is 9.47. The second-order valence-electron chi connectivity index (χ2n) is 2.84. The lowest BCUT2D eigenvalue weighted by atomic mass is 10.2. The number of aldehydes is 1. The molecule has 0 N–H and O–H groups in total. The standard InChI is InChI=1S/C11H12O4/c1-3-14-10-4-5-11(15-8(2)13)9(6-10)7-12/h4-7H,3H2,1-2H3. The molecule has 0 aromatic heterocycles. The molecule has 0 saturated heterocycles. The van der Waals surface area contributed by atoms with Crippen LogP contribution in [-0.4, -0.2) is 18.9 Å². The first-order valence-corrected chi connectivity index (χ1v) is 4.57. The molecular formula is C11H12O4. The van der Waals surface area contributed by atoms with E-state index in [4.69, 9.17) is 9.47 Å². The van der Waals surface area contributed by atoms with Crippen LogP contribution in [0.1, 0.15) is 24.2 Å². The summed E-state index contributed by atoms with van der Waals surface area (Å²) in [6.07, 6.45) is 0.626. The molecule has 0 unspecified atom stereocenters. The summed E-state index contributed by atoms with van der Waals surface area (Å²) in [6, 6.07) is 4.72. The highest BCUT2D eigenvalue weighted by atomic mass is 16.5. The molecule has 0 atom stereocenters. The zero-order chi connectivity index (χ0) is 11.3. The van der Waals surface area contributed by atoms with Crippen LogP contribution in [0.2, 0.25) is 0 Å². The number of esters is 1. The van der Waals surface area contributed by atoms with Crippen LogP contribution < -0.4 is 9.47 Å². The number of benzene rings is 1. The first-order chi connectivity index (χ1) is 7.17. The predicted octanol–water partition coefficient (Wildman–Crippen LogP) is 1.82. The quantitative estimate of drug-likeness (QED) is 0.430. The van der Waals surface area contributed by atoms with Crippen molar-refractivity contribution in [1.29, 1.82) is 0 Å². The third kappa shape index (κ3) is 3.09. The Kier molecular flexibility index (Phi) is 3.85. The molecule has 0 heterocycles. The Morgan fingerprint density at radius 3 is 2.73 bits per heavy atom. The van der Waals surface area contributed by atoms with Gasteiger partial charge in [0.05, 0.1) is 12.2 Å². The molecule has 0 aliphatic carbocycles. The predicted molar refractivity (Wildman–Crippen MR) is 54.3 cm³/mol. The summed E-state index contributed by atoms with van der Waals surface area (Å²) in [5.74, 6) is 0.374. The average Bonchev–Trinajstić information content (AvgIpc) is 2.20. The Hall–Kier alpha value is -1.84. The fourth-order valence-corrected chi connectivity index (χ4v) is 1.12. The van der Waals surface area contributed by atoms with E-state index < -0.39 is 5.97 Å². The number of hydrogen-bond acceptors (Lipinski definition) is 4. The Morgan fingerprint density at radius 2 is 2.20 bits per heavy atom. The van der Waals surface area contributed by atoms with E-state index in [1.54, 1.807) is 6.07 Å². The Bertz CT molecular complexity index is 371. The van der Waals surface area contributed by atoms with Gasteiger partial charge in [-0.2, -0.15) is 0 Å². The van der Waals surface area contributed by atoms with Crippen LogP contribution in [0.4, 0.5) is 0 Å². The maximum absolute atomic E-state index is 10.7. The molecule has 0 aliphatic rings. The maximum atomic E-state index is 10.7. The summed E-state index contributed by atoms with van der Waals surface area (Å²) in [4.78, 5) is 21.4. The molecule has 0 spiro atoms. The minimum absolute atomic E-state index is 0.251. The summed E-state index contributed by atoms with van der Waals surface area (Å²) >= 11 is 0. The van der Waals surface area contributed by atoms with Crippen LogP contribution in [0.25, 0.3) is 0 Å². The molecule has 80 valence electrons. The van der Waals surface area contributed by atoms with Crippen molar-refractivity contribution in [2.24, 2.45) is 0 Å². The molecule has 15 heavy (non-hydrogen) atoms. The highest BCUT2D eigenvalue weighted by Crippen LogP contribution is 2.22. The highest BCUT2D eigenvalue weighted by Gasteiger charge is 2.06. The molecule has 4 nitrogen and oxygen atoms in total. The van der Waals surface area contributed by atoms with Crippen molar-refractivity contribution in [3.05, 3.63) is 23.8 Å². The monoisotopic (exact) mass is 208 g/mol. The summed E-state index contributed by atoms with van der Waals surface area (Å²) in [7, 11) is 0. The fraction of sp³-hybridized carbons (Fsp3) is 0.273. The number of hydrogen-bond donors (Lipinski definition) is 0. The molecule has 1 aromatic carbocycles. The summed E-state index contributed by atoms with van der Waals surface area (Å²) in [5.41, 5.74) is 0.302. The molecule has 0 radical (unpaired) electrons. The third-order valence-electron chi connectivity index (χ3n) is 1.67. The van der Waals surface area contributed by atoms with E-state index in [0.29, 0.717) is 24.2 Å². The lowest BCUT2D eigenvalue weighted by Crippen LogP contribution is -2.04. The smallest absolute Gasteiger partial charge is 0.308 e. The molecule has 0 bridgehead atoms. The molecule has 0 saturated carbocycles. The molecule has 0 fully saturated rings. The molecule has 0 aliphatic heterocycles. The van der Waals surface area contributed by atoms with Crippen molar-refractivity contribution in [2.75, 3.05) is 6.61 Å². The second kappa shape index (κ2) is 5.14. The third-order valence-corrected chi connectivity index (χ3v) is 1.67. The van der Waals surface area contributed by atoms with Gasteiger partial charge < -0.3 is 9.47 Å². The Labute approximate surface area is 87.8 Å². The number of carbonyl (C=O) groups excluding carboxylic acids is 2. The van der Waals surface area contributed by atoms with Crippen LogP contribution in [0.3, 0.4) is 0 Å². The van der Waals surface area contributed by atoms with E-state index in [9.17, 15) is 9.59 Å². The van der Waals surface area contributed by atoms with E-state index in [-0.39, 0.29) is 5.75 Å². The first kappa shape index (κ1) is 11.2. The summed E-state index contributed by atoms with van der Waals surface area (Å²) in [5, 5.41) is 0. The van der Waals surface area contributed by atoms with Gasteiger partial charge in [0.25, 0.3) is 0 Å². The second-order valence-corrected chi connectivity index (χ2v) is 2.84. The summed E-state index contributed by atoms with van der Waals surface area (Å²) < 4.78 is 10.1. The van der Waals surface area contributed by atoms with Crippen LogP contribution in [-0.2, 0) is 4.79 Å². The molecule has 1 aromatic rings. The van der Waals surface area contributed by atoms with Crippen molar-refractivity contribution in [2.45, 2.75) is 13.8 Å². The number of carbonyl (C=O) groups is 2. The van der Waals surface area contributed by atoms with Crippen LogP contribution in [0, 0.1) is 0 Å². The van der Waals surface area contributed by atoms with Gasteiger partial charge in [0, 0.05) is 6.92 Å². The zero-order valence-electron chi connectivity index (χ0n) is 8.65. The average molecular weight is 208 g/mol. The lowest BCUT2D eigenvalue weighted by Gasteiger charge is -2.07. The van der Waals surface area contributed by atoms with Crippen molar-refractivity contribution in [1.82, 2.24) is 0 Å². The minimum Gasteiger partial charge on any atom is -0.494 e. The van der Waals surface area contributed by atoms with Gasteiger partial charge in [-0.25, -0.2) is 0 Å². The number of ether oxygens (including phenoxy) is 2. The largest absolute Gasteiger partial charge is 0.494 e. The van der Waals surface area contributed by atoms with E-state index >= 15 is 0 Å². The highest BCUT2D eigenvalue weighted by molar-refractivity contribution is 5.82. The van der Waals surface area contributed by atoms with E-state index in [1.807, 2.05) is 6.92 Å². The Balaban J connectivity index is 2.97. The van der Waals surface area contributed by atoms with Crippen LogP contribution in [0.15, 0.2) is 18.2 Å². The molecule has 4 heteroatoms. The van der Waals surface area contributed by atoms with E-state index in [1.165, 1.54) is 19.1 Å². The topological polar surface area (TPSA) is 52.6 Å². The van der Waals surface area contributed by atoms with Crippen molar-refractivity contribution < 1.29 is 19.1 Å². The van der Waals surface area contributed by atoms with E-state index in [2.05, 4.69) is 0 Å². The van der Waals surface area contributed by atoms with Gasteiger partial charge in [0.2, 0.25) is 0 Å². The lowest BCUT2D eigenvalue weighted by molar-refractivity contribution is -0.131. The number of rotatable bonds is 4. The van der Waals surface area contributed by atoms with Gasteiger partial charge in [0.1, 0.15) is 11.5 Å². The summed E-state index contributed by atoms with van der Waals surface area (Å²) in [6.45, 7) is 3.65. The van der Waals surface area contributed by atoms with Gasteiger partial charge in [-0.05, 0) is 25.1 Å². The van der Waals surface area contributed by atoms with Crippen LogP contribution in [0.5, 0.6) is 11.5 Å². The van der Waals surface area contributed by atoms with Crippen LogP contribution >= 0.6 is 0 Å². The van der Waals surface area contributed by atoms with Gasteiger partial charge in [0.15, 0.2) is 6.29 Å². The minimum atomic E-state index is -0.456. The van der Waals surface area contributed by atoms with Crippen molar-refractivity contribution in [3.8, 4) is 11.5 Å². The maximum Gasteiger partial charge on any atom is 0.308 e. The molecule has 0 amide bonds. The molecule has 1 rings (SSSR count).